The van der Waals surface area contributed by atoms with Crippen molar-refractivity contribution >= 4 is 5.91 Å². The van der Waals surface area contributed by atoms with Crippen molar-refractivity contribution in [2.24, 2.45) is 0 Å². The Bertz CT molecular complexity index is 462. The number of hydrogen-bond acceptors (Lipinski definition) is 4. The van der Waals surface area contributed by atoms with Crippen LogP contribution < -0.4 is 15.4 Å². The van der Waals surface area contributed by atoms with E-state index < -0.39 is 0 Å². The highest BCUT2D eigenvalue weighted by Crippen LogP contribution is 2.20. The molecule has 19 heavy (non-hydrogen) atoms. The second-order valence-electron chi connectivity index (χ2n) is 4.72. The third-order valence-corrected chi connectivity index (χ3v) is 3.38. The monoisotopic (exact) mass is 264 g/mol. The van der Waals surface area contributed by atoms with Crippen LogP contribution in [0.4, 0.5) is 0 Å². The minimum atomic E-state index is -0.128. The van der Waals surface area contributed by atoms with Crippen LogP contribution in [0.15, 0.2) is 18.2 Å². The van der Waals surface area contributed by atoms with Gasteiger partial charge in [0.25, 0.3) is 5.91 Å². The van der Waals surface area contributed by atoms with Gasteiger partial charge >= 0.3 is 0 Å². The number of aryl methyl sites for hydroxylation is 1. The average molecular weight is 264 g/mol. The van der Waals surface area contributed by atoms with Gasteiger partial charge in [-0.25, -0.2) is 0 Å². The van der Waals surface area contributed by atoms with Gasteiger partial charge in [0.2, 0.25) is 0 Å². The quantitative estimate of drug-likeness (QED) is 0.841. The Balaban J connectivity index is 2.13. The molecule has 0 radical (unpaired) electrons. The first-order chi connectivity index (χ1) is 9.15. The number of benzene rings is 1. The maximum atomic E-state index is 12.3. The minimum Gasteiger partial charge on any atom is -0.496 e. The molecule has 1 heterocycles. The zero-order valence-electron chi connectivity index (χ0n) is 11.5. The van der Waals surface area contributed by atoms with Crippen LogP contribution in [0, 0.1) is 6.92 Å². The molecule has 2 atom stereocenters. The van der Waals surface area contributed by atoms with Crippen LogP contribution in [0.5, 0.6) is 5.75 Å². The summed E-state index contributed by atoms with van der Waals surface area (Å²) >= 11 is 0. The molecule has 0 spiro atoms. The highest BCUT2D eigenvalue weighted by Gasteiger charge is 2.29. The first-order valence-corrected chi connectivity index (χ1v) is 6.34. The van der Waals surface area contributed by atoms with E-state index in [1.165, 1.54) is 0 Å². The van der Waals surface area contributed by atoms with Crippen LogP contribution in [-0.4, -0.2) is 45.4 Å². The molecule has 0 aliphatic carbocycles. The molecule has 2 N–H and O–H groups in total. The fourth-order valence-corrected chi connectivity index (χ4v) is 2.29. The number of rotatable bonds is 4. The van der Waals surface area contributed by atoms with Crippen molar-refractivity contribution in [2.45, 2.75) is 19.1 Å². The van der Waals surface area contributed by atoms with E-state index in [1.807, 2.05) is 25.1 Å². The van der Waals surface area contributed by atoms with E-state index in [9.17, 15) is 4.79 Å². The van der Waals surface area contributed by atoms with Gasteiger partial charge in [-0.15, -0.1) is 0 Å². The van der Waals surface area contributed by atoms with Crippen LogP contribution in [-0.2, 0) is 4.74 Å². The Morgan fingerprint density at radius 3 is 2.84 bits per heavy atom. The van der Waals surface area contributed by atoms with E-state index in [0.717, 1.165) is 18.7 Å². The molecule has 5 nitrogen and oxygen atoms in total. The topological polar surface area (TPSA) is 59.6 Å². The van der Waals surface area contributed by atoms with Crippen LogP contribution in [0.2, 0.25) is 0 Å². The van der Waals surface area contributed by atoms with Crippen molar-refractivity contribution < 1.29 is 14.3 Å². The minimum absolute atomic E-state index is 0.0114. The largest absolute Gasteiger partial charge is 0.496 e. The lowest BCUT2D eigenvalue weighted by molar-refractivity contribution is 0.0777. The fourth-order valence-electron chi connectivity index (χ4n) is 2.29. The summed E-state index contributed by atoms with van der Waals surface area (Å²) in [4.78, 5) is 12.3. The molecule has 1 unspecified atom stereocenters. The first kappa shape index (κ1) is 13.8. The molecule has 0 aromatic heterocycles. The molecule has 1 aliphatic rings. The lowest BCUT2D eigenvalue weighted by atomic mass is 10.1. The van der Waals surface area contributed by atoms with Crippen LogP contribution in [0.1, 0.15) is 15.9 Å². The normalized spacial score (nSPS) is 22.3. The average Bonchev–Trinajstić information content (AvgIpc) is 2.85. The molecular formula is C14H20N2O3. The number of carbonyl (C=O) groups is 1. The van der Waals surface area contributed by atoms with Crippen molar-refractivity contribution in [3.63, 3.8) is 0 Å². The number of methoxy groups -OCH3 is 2. The lowest BCUT2D eigenvalue weighted by Crippen LogP contribution is -2.43. The van der Waals surface area contributed by atoms with Gasteiger partial charge in [0.05, 0.1) is 24.8 Å². The Kier molecular flexibility index (Phi) is 4.39. The first-order valence-electron chi connectivity index (χ1n) is 6.34. The highest BCUT2D eigenvalue weighted by atomic mass is 16.5. The second kappa shape index (κ2) is 6.04. The SMILES string of the molecule is COc1ccc(C)cc1C(=O)NC1CNC[C@@H]1OC. The predicted octanol–water partition coefficient (Wildman–Crippen LogP) is 0.720. The summed E-state index contributed by atoms with van der Waals surface area (Å²) in [5.74, 6) is 0.458. The van der Waals surface area contributed by atoms with E-state index in [1.54, 1.807) is 14.2 Å². The maximum Gasteiger partial charge on any atom is 0.255 e. The van der Waals surface area contributed by atoms with E-state index in [4.69, 9.17) is 9.47 Å². The molecule has 0 saturated carbocycles. The van der Waals surface area contributed by atoms with Crippen LogP contribution in [0.25, 0.3) is 0 Å². The molecule has 1 aromatic carbocycles. The Labute approximate surface area is 113 Å². The van der Waals surface area contributed by atoms with Gasteiger partial charge in [0, 0.05) is 20.2 Å². The van der Waals surface area contributed by atoms with E-state index in [0.29, 0.717) is 11.3 Å². The molecule has 1 aromatic rings. The van der Waals surface area contributed by atoms with E-state index >= 15 is 0 Å². The maximum absolute atomic E-state index is 12.3. The van der Waals surface area contributed by atoms with Crippen molar-refractivity contribution in [2.75, 3.05) is 27.3 Å². The van der Waals surface area contributed by atoms with Gasteiger partial charge in [-0.05, 0) is 19.1 Å². The smallest absolute Gasteiger partial charge is 0.255 e. The van der Waals surface area contributed by atoms with Crippen molar-refractivity contribution in [3.8, 4) is 5.75 Å². The molecule has 1 amide bonds. The van der Waals surface area contributed by atoms with Gasteiger partial charge in [-0.2, -0.15) is 0 Å². The summed E-state index contributed by atoms with van der Waals surface area (Å²) in [6.45, 7) is 3.43. The molecule has 1 saturated heterocycles. The molecule has 1 fully saturated rings. The zero-order chi connectivity index (χ0) is 13.8. The number of carbonyl (C=O) groups excluding carboxylic acids is 1. The van der Waals surface area contributed by atoms with Crippen LogP contribution in [0.3, 0.4) is 0 Å². The third kappa shape index (κ3) is 3.05. The standard InChI is InChI=1S/C14H20N2O3/c1-9-4-5-12(18-2)10(6-9)14(17)16-11-7-15-8-13(11)19-3/h4-6,11,13,15H,7-8H2,1-3H3,(H,16,17)/t11?,13-/m0/s1. The Morgan fingerprint density at radius 1 is 1.37 bits per heavy atom. The number of amides is 1. The van der Waals surface area contributed by atoms with Gasteiger partial charge in [0.15, 0.2) is 0 Å². The van der Waals surface area contributed by atoms with Crippen molar-refractivity contribution in [1.82, 2.24) is 10.6 Å². The summed E-state index contributed by atoms with van der Waals surface area (Å²) in [5.41, 5.74) is 1.59. The summed E-state index contributed by atoms with van der Waals surface area (Å²) in [6.07, 6.45) is 0.0137. The Morgan fingerprint density at radius 2 is 2.16 bits per heavy atom. The van der Waals surface area contributed by atoms with Gasteiger partial charge < -0.3 is 20.1 Å². The summed E-state index contributed by atoms with van der Waals surface area (Å²) in [7, 11) is 3.22. The molecule has 1 aliphatic heterocycles. The van der Waals surface area contributed by atoms with Gasteiger partial charge in [0.1, 0.15) is 5.75 Å². The molecule has 104 valence electrons. The highest BCUT2D eigenvalue weighted by molar-refractivity contribution is 5.97. The lowest BCUT2D eigenvalue weighted by Gasteiger charge is -2.19. The summed E-state index contributed by atoms with van der Waals surface area (Å²) in [5, 5.41) is 6.19. The van der Waals surface area contributed by atoms with Gasteiger partial charge in [-0.1, -0.05) is 11.6 Å². The number of ether oxygens (including phenoxy) is 2. The molecule has 5 heteroatoms. The summed E-state index contributed by atoms with van der Waals surface area (Å²) in [6, 6.07) is 5.55. The third-order valence-electron chi connectivity index (χ3n) is 3.38. The second-order valence-corrected chi connectivity index (χ2v) is 4.72. The van der Waals surface area contributed by atoms with Crippen molar-refractivity contribution in [3.05, 3.63) is 29.3 Å². The van der Waals surface area contributed by atoms with E-state index in [-0.39, 0.29) is 18.1 Å². The molecular weight excluding hydrogens is 244 g/mol. The zero-order valence-corrected chi connectivity index (χ0v) is 11.5. The molecule has 0 bridgehead atoms. The predicted molar refractivity (Wildman–Crippen MR) is 72.7 cm³/mol. The van der Waals surface area contributed by atoms with E-state index in [2.05, 4.69) is 10.6 Å². The molecule has 2 rings (SSSR count). The Hall–Kier alpha value is -1.59. The van der Waals surface area contributed by atoms with Gasteiger partial charge in [-0.3, -0.25) is 4.79 Å². The fraction of sp³-hybridized carbons (Fsp3) is 0.500. The van der Waals surface area contributed by atoms with Crippen LogP contribution >= 0.6 is 0 Å². The number of nitrogens with one attached hydrogen (secondary N) is 2. The van der Waals surface area contributed by atoms with Crippen molar-refractivity contribution in [1.29, 1.82) is 0 Å². The summed E-state index contributed by atoms with van der Waals surface area (Å²) < 4.78 is 10.6. The number of hydrogen-bond donors (Lipinski definition) is 2.